The molecule has 4 bridgehead atoms. The smallest absolute Gasteiger partial charge is 0.0574 e. The Morgan fingerprint density at radius 2 is 0.711 bits per heavy atom. The van der Waals surface area contributed by atoms with Gasteiger partial charge in [0.05, 0.1) is 22.8 Å². The maximum Gasteiger partial charge on any atom is 0.0574 e. The maximum atomic E-state index is 4.94. The first-order valence-electron chi connectivity index (χ1n) is 14.8. The second-order valence-corrected chi connectivity index (χ2v) is 10.6. The number of rotatable bonds is 0. The SMILES string of the molecule is CC1NCCCNCCCNC(C)c2cccc(n2)C(C)NCCCNCCCNC(C)c2cccc1n2. The van der Waals surface area contributed by atoms with Crippen LogP contribution in [0.4, 0.5) is 0 Å². The number of nitrogens with zero attached hydrogens (tertiary/aromatic N) is 2. The predicted octanol–water partition coefficient (Wildman–Crippen LogP) is 3.53. The summed E-state index contributed by atoms with van der Waals surface area (Å²) >= 11 is 0. The summed E-state index contributed by atoms with van der Waals surface area (Å²) in [6.07, 6.45) is 4.40. The van der Waals surface area contributed by atoms with E-state index in [-0.39, 0.29) is 24.2 Å². The lowest BCUT2D eigenvalue weighted by atomic mass is 10.1. The summed E-state index contributed by atoms with van der Waals surface area (Å²) in [4.78, 5) is 9.89. The van der Waals surface area contributed by atoms with E-state index in [0.29, 0.717) is 0 Å². The Hall–Kier alpha value is -1.94. The molecule has 38 heavy (non-hydrogen) atoms. The molecular formula is C30H52N8. The van der Waals surface area contributed by atoms with Crippen LogP contribution in [-0.4, -0.2) is 62.3 Å². The van der Waals surface area contributed by atoms with Crippen LogP contribution in [0.3, 0.4) is 0 Å². The fraction of sp³-hybridized carbons (Fsp3) is 0.667. The van der Waals surface area contributed by atoms with Crippen molar-refractivity contribution in [2.75, 3.05) is 52.4 Å². The number of hydrogen-bond donors (Lipinski definition) is 6. The van der Waals surface area contributed by atoms with Crippen LogP contribution < -0.4 is 31.9 Å². The molecule has 8 heteroatoms. The molecule has 8 nitrogen and oxygen atoms in total. The topological polar surface area (TPSA) is 98.0 Å². The Morgan fingerprint density at radius 1 is 0.447 bits per heavy atom. The van der Waals surface area contributed by atoms with E-state index < -0.39 is 0 Å². The quantitative estimate of drug-likeness (QED) is 0.312. The van der Waals surface area contributed by atoms with Gasteiger partial charge in [0, 0.05) is 24.2 Å². The van der Waals surface area contributed by atoms with Gasteiger partial charge in [-0.2, -0.15) is 0 Å². The van der Waals surface area contributed by atoms with Crippen LogP contribution in [0, 0.1) is 0 Å². The van der Waals surface area contributed by atoms with Crippen LogP contribution in [0.5, 0.6) is 0 Å². The normalized spacial score (nSPS) is 26.6. The van der Waals surface area contributed by atoms with E-state index in [2.05, 4.69) is 96.0 Å². The molecule has 0 radical (unpaired) electrons. The Labute approximate surface area is 231 Å². The average Bonchev–Trinajstić information content (AvgIpc) is 2.94. The van der Waals surface area contributed by atoms with Crippen LogP contribution in [0.1, 0.15) is 100 Å². The molecule has 2 aromatic rings. The molecule has 3 rings (SSSR count). The van der Waals surface area contributed by atoms with Crippen molar-refractivity contribution in [1.82, 2.24) is 41.9 Å². The first kappa shape index (κ1) is 30.6. The third-order valence-corrected chi connectivity index (χ3v) is 7.28. The van der Waals surface area contributed by atoms with E-state index in [0.717, 1.165) is 101 Å². The molecule has 0 aromatic carbocycles. The molecule has 0 saturated heterocycles. The fourth-order valence-corrected chi connectivity index (χ4v) is 4.70. The van der Waals surface area contributed by atoms with Crippen LogP contribution >= 0.6 is 0 Å². The van der Waals surface area contributed by atoms with Crippen molar-refractivity contribution in [2.45, 2.75) is 77.5 Å². The van der Waals surface area contributed by atoms with Crippen molar-refractivity contribution in [3.8, 4) is 0 Å². The second-order valence-electron chi connectivity index (χ2n) is 10.6. The predicted molar refractivity (Wildman–Crippen MR) is 158 cm³/mol. The first-order chi connectivity index (χ1) is 18.5. The average molecular weight is 525 g/mol. The highest BCUT2D eigenvalue weighted by molar-refractivity contribution is 5.17. The molecule has 4 unspecified atom stereocenters. The van der Waals surface area contributed by atoms with Crippen molar-refractivity contribution in [1.29, 1.82) is 0 Å². The molecule has 0 aliphatic carbocycles. The fourth-order valence-electron chi connectivity index (χ4n) is 4.70. The standard InChI is InChI=1S/C30H52N8/c1-23-27-11-5-12-28(37-27)24(2)34-20-9-17-32-18-10-22-36-26(4)30-14-6-13-29(38-30)25(3)35-21-8-16-31-15-7-19-33-23/h5-6,11-14,23-26,31-36H,7-10,15-22H2,1-4H3. The van der Waals surface area contributed by atoms with Crippen LogP contribution in [0.25, 0.3) is 0 Å². The maximum absolute atomic E-state index is 4.94. The summed E-state index contributed by atoms with van der Waals surface area (Å²) < 4.78 is 0. The largest absolute Gasteiger partial charge is 0.317 e. The molecule has 6 N–H and O–H groups in total. The van der Waals surface area contributed by atoms with Gasteiger partial charge in [-0.3, -0.25) is 9.97 Å². The van der Waals surface area contributed by atoms with Gasteiger partial charge in [-0.25, -0.2) is 0 Å². The third-order valence-electron chi connectivity index (χ3n) is 7.28. The lowest BCUT2D eigenvalue weighted by molar-refractivity contribution is 0.495. The Kier molecular flexibility index (Phi) is 14.2. The summed E-state index contributed by atoms with van der Waals surface area (Å²) in [7, 11) is 0. The van der Waals surface area contributed by atoms with Gasteiger partial charge in [0.2, 0.25) is 0 Å². The molecule has 3 heterocycles. The van der Waals surface area contributed by atoms with Gasteiger partial charge in [0.15, 0.2) is 0 Å². The van der Waals surface area contributed by atoms with Crippen molar-refractivity contribution in [2.24, 2.45) is 0 Å². The summed E-state index contributed by atoms with van der Waals surface area (Å²) in [6, 6.07) is 13.8. The highest BCUT2D eigenvalue weighted by atomic mass is 15.0. The Balaban J connectivity index is 1.50. The number of fused-ring (bicyclic) bond motifs is 4. The van der Waals surface area contributed by atoms with Gasteiger partial charge in [0.25, 0.3) is 0 Å². The minimum atomic E-state index is 0.244. The second kappa shape index (κ2) is 17.6. The zero-order valence-electron chi connectivity index (χ0n) is 24.2. The molecule has 1 aliphatic heterocycles. The molecule has 0 fully saturated rings. The van der Waals surface area contributed by atoms with Gasteiger partial charge < -0.3 is 31.9 Å². The van der Waals surface area contributed by atoms with Crippen molar-refractivity contribution in [3.05, 3.63) is 59.2 Å². The summed E-state index contributed by atoms with van der Waals surface area (Å²) in [5, 5.41) is 21.7. The third kappa shape index (κ3) is 11.0. The molecule has 0 amide bonds. The molecule has 0 saturated carbocycles. The van der Waals surface area contributed by atoms with E-state index >= 15 is 0 Å². The molecule has 1 aliphatic rings. The summed E-state index contributed by atoms with van der Waals surface area (Å²) in [5.41, 5.74) is 4.45. The van der Waals surface area contributed by atoms with Crippen molar-refractivity contribution in [3.63, 3.8) is 0 Å². The minimum Gasteiger partial charge on any atom is -0.317 e. The Bertz CT molecular complexity index is 771. The summed E-state index contributed by atoms with van der Waals surface area (Å²) in [6.45, 7) is 16.8. The zero-order valence-corrected chi connectivity index (χ0v) is 24.2. The minimum absolute atomic E-state index is 0.244. The molecule has 2 aromatic heterocycles. The van der Waals surface area contributed by atoms with Crippen LogP contribution in [0.2, 0.25) is 0 Å². The number of aromatic nitrogens is 2. The van der Waals surface area contributed by atoms with Crippen LogP contribution in [-0.2, 0) is 0 Å². The molecular weight excluding hydrogens is 472 g/mol. The number of hydrogen-bond acceptors (Lipinski definition) is 8. The highest BCUT2D eigenvalue weighted by Gasteiger charge is 2.12. The lowest BCUT2D eigenvalue weighted by Crippen LogP contribution is -2.29. The number of nitrogens with one attached hydrogen (secondary N) is 6. The van der Waals surface area contributed by atoms with Crippen molar-refractivity contribution < 1.29 is 0 Å². The van der Waals surface area contributed by atoms with Gasteiger partial charge in [-0.15, -0.1) is 0 Å². The number of pyridine rings is 2. The zero-order chi connectivity index (χ0) is 27.0. The molecule has 4 atom stereocenters. The van der Waals surface area contributed by atoms with E-state index in [1.165, 1.54) is 0 Å². The van der Waals surface area contributed by atoms with E-state index in [9.17, 15) is 0 Å². The van der Waals surface area contributed by atoms with Crippen molar-refractivity contribution >= 4 is 0 Å². The monoisotopic (exact) mass is 524 g/mol. The van der Waals surface area contributed by atoms with Gasteiger partial charge in [-0.05, 0) is 130 Å². The summed E-state index contributed by atoms with van der Waals surface area (Å²) in [5.74, 6) is 0. The lowest BCUT2D eigenvalue weighted by Gasteiger charge is -2.18. The highest BCUT2D eigenvalue weighted by Crippen LogP contribution is 2.16. The van der Waals surface area contributed by atoms with E-state index in [1.807, 2.05) is 0 Å². The molecule has 212 valence electrons. The van der Waals surface area contributed by atoms with E-state index in [4.69, 9.17) is 9.97 Å². The van der Waals surface area contributed by atoms with Crippen LogP contribution in [0.15, 0.2) is 36.4 Å². The Morgan fingerprint density at radius 3 is 0.974 bits per heavy atom. The molecule has 0 spiro atoms. The van der Waals surface area contributed by atoms with E-state index in [1.54, 1.807) is 0 Å². The van der Waals surface area contributed by atoms with Gasteiger partial charge in [0.1, 0.15) is 0 Å². The first-order valence-corrected chi connectivity index (χ1v) is 14.8. The van der Waals surface area contributed by atoms with Gasteiger partial charge in [-0.1, -0.05) is 12.1 Å². The van der Waals surface area contributed by atoms with Gasteiger partial charge >= 0.3 is 0 Å².